The molecule has 1 aromatic carbocycles. The zero-order valence-electron chi connectivity index (χ0n) is 11.6. The number of halogens is 1. The standard InChI is InChI=1S/C14H16FN3O2/c1-17(14(19)11-7-16-18(2)9-11)8-10-4-5-13(20-3)12(15)6-10/h4-7,9H,8H2,1-3H3. The van der Waals surface area contributed by atoms with Crippen LogP contribution in [0.1, 0.15) is 15.9 Å². The molecule has 0 fully saturated rings. The summed E-state index contributed by atoms with van der Waals surface area (Å²) in [7, 11) is 4.82. The molecule has 1 aromatic heterocycles. The van der Waals surface area contributed by atoms with Crippen LogP contribution in [0.15, 0.2) is 30.6 Å². The predicted octanol–water partition coefficient (Wildman–Crippen LogP) is 1.84. The lowest BCUT2D eigenvalue weighted by molar-refractivity contribution is 0.0785. The highest BCUT2D eigenvalue weighted by atomic mass is 19.1. The van der Waals surface area contributed by atoms with Crippen LogP contribution in [-0.2, 0) is 13.6 Å². The molecule has 1 heterocycles. The van der Waals surface area contributed by atoms with Crippen LogP contribution < -0.4 is 4.74 Å². The van der Waals surface area contributed by atoms with Gasteiger partial charge in [-0.05, 0) is 17.7 Å². The first kappa shape index (κ1) is 14.0. The van der Waals surface area contributed by atoms with Crippen LogP contribution in [0.25, 0.3) is 0 Å². The Bertz CT molecular complexity index is 625. The van der Waals surface area contributed by atoms with Crippen molar-refractivity contribution in [1.82, 2.24) is 14.7 Å². The zero-order chi connectivity index (χ0) is 14.7. The fraction of sp³-hybridized carbons (Fsp3) is 0.286. The molecule has 0 aliphatic heterocycles. The number of rotatable bonds is 4. The van der Waals surface area contributed by atoms with Gasteiger partial charge in [0, 0.05) is 26.8 Å². The Kier molecular flexibility index (Phi) is 4.02. The van der Waals surface area contributed by atoms with E-state index in [1.807, 2.05) is 0 Å². The van der Waals surface area contributed by atoms with Crippen molar-refractivity contribution in [3.63, 3.8) is 0 Å². The number of aromatic nitrogens is 2. The van der Waals surface area contributed by atoms with Gasteiger partial charge in [-0.2, -0.15) is 5.10 Å². The summed E-state index contributed by atoms with van der Waals surface area (Å²) in [6.45, 7) is 0.314. The summed E-state index contributed by atoms with van der Waals surface area (Å²) in [4.78, 5) is 13.6. The summed E-state index contributed by atoms with van der Waals surface area (Å²) in [5.41, 5.74) is 1.20. The van der Waals surface area contributed by atoms with Gasteiger partial charge >= 0.3 is 0 Å². The summed E-state index contributed by atoms with van der Waals surface area (Å²) >= 11 is 0. The van der Waals surface area contributed by atoms with Crippen molar-refractivity contribution in [1.29, 1.82) is 0 Å². The summed E-state index contributed by atoms with van der Waals surface area (Å²) in [5, 5.41) is 3.96. The molecule has 0 bridgehead atoms. The Hall–Kier alpha value is -2.37. The van der Waals surface area contributed by atoms with Gasteiger partial charge in [-0.15, -0.1) is 0 Å². The summed E-state index contributed by atoms with van der Waals surface area (Å²) in [5.74, 6) is -0.406. The third-order valence-corrected chi connectivity index (χ3v) is 2.93. The van der Waals surface area contributed by atoms with Crippen molar-refractivity contribution in [2.75, 3.05) is 14.2 Å². The van der Waals surface area contributed by atoms with Gasteiger partial charge in [0.2, 0.25) is 0 Å². The zero-order valence-corrected chi connectivity index (χ0v) is 11.6. The van der Waals surface area contributed by atoms with E-state index in [2.05, 4.69) is 5.10 Å². The molecule has 0 aliphatic rings. The fourth-order valence-electron chi connectivity index (χ4n) is 1.91. The van der Waals surface area contributed by atoms with Gasteiger partial charge in [0.15, 0.2) is 11.6 Å². The highest BCUT2D eigenvalue weighted by Crippen LogP contribution is 2.18. The quantitative estimate of drug-likeness (QED) is 0.856. The highest BCUT2D eigenvalue weighted by Gasteiger charge is 2.14. The van der Waals surface area contributed by atoms with Crippen molar-refractivity contribution in [2.24, 2.45) is 7.05 Å². The maximum Gasteiger partial charge on any atom is 0.257 e. The number of benzene rings is 1. The van der Waals surface area contributed by atoms with E-state index < -0.39 is 5.82 Å². The lowest BCUT2D eigenvalue weighted by Gasteiger charge is -2.16. The largest absolute Gasteiger partial charge is 0.494 e. The Morgan fingerprint density at radius 1 is 1.50 bits per heavy atom. The molecule has 0 atom stereocenters. The number of amides is 1. The van der Waals surface area contributed by atoms with Crippen LogP contribution in [-0.4, -0.2) is 34.7 Å². The monoisotopic (exact) mass is 277 g/mol. The van der Waals surface area contributed by atoms with E-state index in [1.54, 1.807) is 37.1 Å². The smallest absolute Gasteiger partial charge is 0.257 e. The van der Waals surface area contributed by atoms with Crippen molar-refractivity contribution in [3.8, 4) is 5.75 Å². The Labute approximate surface area is 116 Å². The number of hydrogen-bond donors (Lipinski definition) is 0. The van der Waals surface area contributed by atoms with E-state index in [0.29, 0.717) is 17.7 Å². The average molecular weight is 277 g/mol. The van der Waals surface area contributed by atoms with Gasteiger partial charge in [-0.25, -0.2) is 4.39 Å². The van der Waals surface area contributed by atoms with E-state index in [9.17, 15) is 9.18 Å². The molecule has 0 spiro atoms. The van der Waals surface area contributed by atoms with Crippen molar-refractivity contribution in [3.05, 3.63) is 47.5 Å². The molecule has 20 heavy (non-hydrogen) atoms. The molecule has 2 aromatic rings. The molecular formula is C14H16FN3O2. The van der Waals surface area contributed by atoms with Crippen LogP contribution in [0.2, 0.25) is 0 Å². The fourth-order valence-corrected chi connectivity index (χ4v) is 1.91. The van der Waals surface area contributed by atoms with Gasteiger partial charge in [-0.1, -0.05) is 6.07 Å². The van der Waals surface area contributed by atoms with Crippen molar-refractivity contribution < 1.29 is 13.9 Å². The molecule has 0 N–H and O–H groups in total. The van der Waals surface area contributed by atoms with E-state index >= 15 is 0 Å². The Morgan fingerprint density at radius 3 is 2.80 bits per heavy atom. The number of ether oxygens (including phenoxy) is 1. The Morgan fingerprint density at radius 2 is 2.25 bits per heavy atom. The molecule has 0 aliphatic carbocycles. The molecule has 5 nitrogen and oxygen atoms in total. The maximum absolute atomic E-state index is 13.6. The van der Waals surface area contributed by atoms with E-state index in [1.165, 1.54) is 24.3 Å². The molecule has 0 unspecified atom stereocenters. The van der Waals surface area contributed by atoms with Crippen molar-refractivity contribution >= 4 is 5.91 Å². The second kappa shape index (κ2) is 5.73. The molecule has 1 amide bonds. The van der Waals surface area contributed by atoms with Crippen LogP contribution in [0.3, 0.4) is 0 Å². The van der Waals surface area contributed by atoms with Gasteiger partial charge in [0.1, 0.15) is 0 Å². The number of methoxy groups -OCH3 is 1. The molecule has 2 rings (SSSR count). The Balaban J connectivity index is 2.09. The molecule has 0 radical (unpaired) electrons. The van der Waals surface area contributed by atoms with Crippen LogP contribution >= 0.6 is 0 Å². The van der Waals surface area contributed by atoms with E-state index in [4.69, 9.17) is 4.74 Å². The van der Waals surface area contributed by atoms with Crippen LogP contribution in [0, 0.1) is 5.82 Å². The molecule has 0 saturated carbocycles. The van der Waals surface area contributed by atoms with E-state index in [-0.39, 0.29) is 11.7 Å². The predicted molar refractivity (Wildman–Crippen MR) is 72.0 cm³/mol. The molecule has 106 valence electrons. The van der Waals surface area contributed by atoms with Crippen LogP contribution in [0.4, 0.5) is 4.39 Å². The lowest BCUT2D eigenvalue weighted by atomic mass is 10.2. The maximum atomic E-state index is 13.6. The lowest BCUT2D eigenvalue weighted by Crippen LogP contribution is -2.25. The minimum Gasteiger partial charge on any atom is -0.494 e. The SMILES string of the molecule is COc1ccc(CN(C)C(=O)c2cnn(C)c2)cc1F. The average Bonchev–Trinajstić information content (AvgIpc) is 2.84. The van der Waals surface area contributed by atoms with Gasteiger partial charge in [0.05, 0.1) is 18.9 Å². The highest BCUT2D eigenvalue weighted by molar-refractivity contribution is 5.93. The number of aryl methyl sites for hydroxylation is 1. The minimum absolute atomic E-state index is 0.158. The molecule has 6 heteroatoms. The van der Waals surface area contributed by atoms with E-state index in [0.717, 1.165) is 0 Å². The first-order valence-electron chi connectivity index (χ1n) is 6.08. The summed E-state index contributed by atoms with van der Waals surface area (Å²) in [6.07, 6.45) is 3.15. The number of carbonyl (C=O) groups excluding carboxylic acids is 1. The second-order valence-electron chi connectivity index (χ2n) is 4.53. The molecule has 0 saturated heterocycles. The number of nitrogens with zero attached hydrogens (tertiary/aromatic N) is 3. The van der Waals surface area contributed by atoms with Crippen LogP contribution in [0.5, 0.6) is 5.75 Å². The van der Waals surface area contributed by atoms with Gasteiger partial charge in [0.25, 0.3) is 5.91 Å². The van der Waals surface area contributed by atoms with Gasteiger partial charge in [-0.3, -0.25) is 9.48 Å². The third kappa shape index (κ3) is 2.96. The minimum atomic E-state index is -0.438. The summed E-state index contributed by atoms with van der Waals surface area (Å²) < 4.78 is 20.0. The normalized spacial score (nSPS) is 10.4. The first-order chi connectivity index (χ1) is 9.51. The number of hydrogen-bond acceptors (Lipinski definition) is 3. The number of carbonyl (C=O) groups is 1. The van der Waals surface area contributed by atoms with Crippen molar-refractivity contribution in [2.45, 2.75) is 6.54 Å². The first-order valence-corrected chi connectivity index (χ1v) is 6.08. The van der Waals surface area contributed by atoms with Gasteiger partial charge < -0.3 is 9.64 Å². The topological polar surface area (TPSA) is 47.4 Å². The molecular weight excluding hydrogens is 261 g/mol. The third-order valence-electron chi connectivity index (χ3n) is 2.93. The summed E-state index contributed by atoms with van der Waals surface area (Å²) in [6, 6.07) is 4.65. The second-order valence-corrected chi connectivity index (χ2v) is 4.53.